The zero-order valence-corrected chi connectivity index (χ0v) is 16.1. The van der Waals surface area contributed by atoms with Crippen molar-refractivity contribution < 1.29 is 4.92 Å². The molecule has 0 fully saturated rings. The van der Waals surface area contributed by atoms with Gasteiger partial charge in [0, 0.05) is 16.7 Å². The molecule has 28 heavy (non-hydrogen) atoms. The summed E-state index contributed by atoms with van der Waals surface area (Å²) in [6.07, 6.45) is 1.48. The van der Waals surface area contributed by atoms with Crippen LogP contribution in [0.5, 0.6) is 0 Å². The third-order valence-electron chi connectivity index (χ3n) is 3.87. The molecule has 2 aromatic heterocycles. The van der Waals surface area contributed by atoms with E-state index in [4.69, 9.17) is 34.7 Å². The van der Waals surface area contributed by atoms with Crippen LogP contribution in [0.2, 0.25) is 10.0 Å². The van der Waals surface area contributed by atoms with E-state index in [1.165, 1.54) is 18.3 Å². The van der Waals surface area contributed by atoms with E-state index in [9.17, 15) is 10.1 Å². The summed E-state index contributed by atoms with van der Waals surface area (Å²) in [5, 5.41) is 14.8. The van der Waals surface area contributed by atoms with Crippen LogP contribution in [0, 0.1) is 10.1 Å². The molecule has 1 atom stereocenters. The first-order valence-corrected chi connectivity index (χ1v) is 8.77. The number of anilines is 3. The van der Waals surface area contributed by atoms with E-state index < -0.39 is 11.0 Å². The standard InChI is InChI=1S/C17H15Cl2N7O2/c1-8(23-14-5-4-13(26(27)28)16(21)24-14)17-22-7-12(20)15(25-17)10-3-2-9(18)6-11(10)19/h2-8H,20H2,1H3,(H3,21,23,24). The molecule has 0 aliphatic carbocycles. The highest BCUT2D eigenvalue weighted by atomic mass is 35.5. The Kier molecular flexibility index (Phi) is 5.48. The van der Waals surface area contributed by atoms with Gasteiger partial charge in [0.25, 0.3) is 0 Å². The summed E-state index contributed by atoms with van der Waals surface area (Å²) in [6, 6.07) is 7.36. The molecule has 144 valence electrons. The Morgan fingerprint density at radius 2 is 1.93 bits per heavy atom. The zero-order chi connectivity index (χ0) is 20.4. The summed E-state index contributed by atoms with van der Waals surface area (Å²) in [4.78, 5) is 23.0. The predicted molar refractivity (Wildman–Crippen MR) is 109 cm³/mol. The minimum absolute atomic E-state index is 0.186. The van der Waals surface area contributed by atoms with Crippen molar-refractivity contribution >= 4 is 46.2 Å². The summed E-state index contributed by atoms with van der Waals surface area (Å²) in [5.74, 6) is 0.588. The molecule has 9 nitrogen and oxygen atoms in total. The fourth-order valence-corrected chi connectivity index (χ4v) is 3.00. The number of hydrogen-bond acceptors (Lipinski definition) is 8. The molecule has 2 heterocycles. The van der Waals surface area contributed by atoms with Crippen molar-refractivity contribution in [2.45, 2.75) is 13.0 Å². The Balaban J connectivity index is 1.90. The second-order valence-electron chi connectivity index (χ2n) is 5.88. The fourth-order valence-electron chi connectivity index (χ4n) is 2.50. The maximum atomic E-state index is 10.8. The quantitative estimate of drug-likeness (QED) is 0.413. The third kappa shape index (κ3) is 4.05. The molecule has 0 bridgehead atoms. The lowest BCUT2D eigenvalue weighted by Gasteiger charge is -2.15. The molecule has 0 spiro atoms. The number of nitrogens with one attached hydrogen (secondary N) is 1. The molecule has 3 rings (SSSR count). The van der Waals surface area contributed by atoms with Gasteiger partial charge in [0.15, 0.2) is 5.82 Å². The van der Waals surface area contributed by atoms with E-state index in [0.29, 0.717) is 38.6 Å². The maximum Gasteiger partial charge on any atom is 0.311 e. The molecule has 0 aliphatic rings. The molecule has 0 radical (unpaired) electrons. The van der Waals surface area contributed by atoms with E-state index >= 15 is 0 Å². The fraction of sp³-hybridized carbons (Fsp3) is 0.118. The number of benzene rings is 1. The van der Waals surface area contributed by atoms with Gasteiger partial charge in [0.2, 0.25) is 5.82 Å². The van der Waals surface area contributed by atoms with Gasteiger partial charge >= 0.3 is 5.69 Å². The van der Waals surface area contributed by atoms with E-state index in [-0.39, 0.29) is 11.5 Å². The van der Waals surface area contributed by atoms with Gasteiger partial charge in [-0.2, -0.15) is 0 Å². The molecule has 5 N–H and O–H groups in total. The van der Waals surface area contributed by atoms with Crippen LogP contribution >= 0.6 is 23.2 Å². The summed E-state index contributed by atoms with van der Waals surface area (Å²) in [5.41, 5.74) is 12.8. The largest absolute Gasteiger partial charge is 0.396 e. The molecule has 1 unspecified atom stereocenters. The molecular weight excluding hydrogens is 405 g/mol. The Morgan fingerprint density at radius 1 is 1.18 bits per heavy atom. The minimum Gasteiger partial charge on any atom is -0.396 e. The summed E-state index contributed by atoms with van der Waals surface area (Å²) in [7, 11) is 0. The second-order valence-corrected chi connectivity index (χ2v) is 6.72. The van der Waals surface area contributed by atoms with Gasteiger partial charge in [-0.1, -0.05) is 23.2 Å². The van der Waals surface area contributed by atoms with Crippen LogP contribution in [0.4, 0.5) is 23.0 Å². The number of aromatic nitrogens is 3. The van der Waals surface area contributed by atoms with Crippen molar-refractivity contribution in [2.75, 3.05) is 16.8 Å². The highest BCUT2D eigenvalue weighted by molar-refractivity contribution is 6.36. The van der Waals surface area contributed by atoms with Crippen molar-refractivity contribution in [3.05, 3.63) is 62.5 Å². The van der Waals surface area contributed by atoms with Crippen LogP contribution in [0.25, 0.3) is 11.3 Å². The van der Waals surface area contributed by atoms with Crippen LogP contribution in [0.3, 0.4) is 0 Å². The predicted octanol–water partition coefficient (Wildman–Crippen LogP) is 4.09. The smallest absolute Gasteiger partial charge is 0.311 e. The van der Waals surface area contributed by atoms with Gasteiger partial charge in [-0.3, -0.25) is 10.1 Å². The normalized spacial score (nSPS) is 11.8. The van der Waals surface area contributed by atoms with Gasteiger partial charge in [0.05, 0.1) is 33.6 Å². The SMILES string of the molecule is CC(Nc1ccc([N+](=O)[O-])c(N)n1)c1ncc(N)c(-c2ccc(Cl)cc2Cl)n1. The Morgan fingerprint density at radius 3 is 2.57 bits per heavy atom. The van der Waals surface area contributed by atoms with Crippen molar-refractivity contribution in [2.24, 2.45) is 0 Å². The molecule has 1 aromatic carbocycles. The second kappa shape index (κ2) is 7.83. The minimum atomic E-state index is -0.596. The third-order valence-corrected chi connectivity index (χ3v) is 4.42. The number of halogens is 2. The molecule has 0 aliphatic heterocycles. The molecule has 0 amide bonds. The van der Waals surface area contributed by atoms with E-state index in [0.717, 1.165) is 0 Å². The molecule has 11 heteroatoms. The van der Waals surface area contributed by atoms with Crippen LogP contribution in [-0.2, 0) is 0 Å². The van der Waals surface area contributed by atoms with E-state index in [1.807, 2.05) is 0 Å². The first-order valence-electron chi connectivity index (χ1n) is 8.01. The topological polar surface area (TPSA) is 146 Å². The number of nitrogen functional groups attached to an aromatic ring is 2. The van der Waals surface area contributed by atoms with Gasteiger partial charge in [-0.05, 0) is 31.2 Å². The van der Waals surface area contributed by atoms with Crippen molar-refractivity contribution in [3.8, 4) is 11.3 Å². The lowest BCUT2D eigenvalue weighted by Crippen LogP contribution is -2.13. The lowest BCUT2D eigenvalue weighted by atomic mass is 10.1. The Bertz CT molecular complexity index is 1060. The van der Waals surface area contributed by atoms with Crippen LogP contribution < -0.4 is 16.8 Å². The average molecular weight is 420 g/mol. The number of hydrogen-bond donors (Lipinski definition) is 3. The van der Waals surface area contributed by atoms with Crippen molar-refractivity contribution in [1.29, 1.82) is 0 Å². The van der Waals surface area contributed by atoms with E-state index in [1.54, 1.807) is 25.1 Å². The summed E-state index contributed by atoms with van der Waals surface area (Å²) in [6.45, 7) is 1.80. The number of rotatable bonds is 5. The van der Waals surface area contributed by atoms with Crippen molar-refractivity contribution in [3.63, 3.8) is 0 Å². The van der Waals surface area contributed by atoms with Crippen LogP contribution in [0.15, 0.2) is 36.5 Å². The zero-order valence-electron chi connectivity index (χ0n) is 14.6. The summed E-state index contributed by atoms with van der Waals surface area (Å²) < 4.78 is 0. The highest BCUT2D eigenvalue weighted by Gasteiger charge is 2.17. The van der Waals surface area contributed by atoms with Gasteiger partial charge < -0.3 is 16.8 Å². The number of nitrogens with zero attached hydrogens (tertiary/aromatic N) is 4. The van der Waals surface area contributed by atoms with Gasteiger partial charge in [-0.25, -0.2) is 15.0 Å². The van der Waals surface area contributed by atoms with Gasteiger partial charge in [0.1, 0.15) is 5.82 Å². The molecular formula is C17H15Cl2N7O2. The Hall–Kier alpha value is -3.17. The summed E-state index contributed by atoms with van der Waals surface area (Å²) >= 11 is 12.2. The van der Waals surface area contributed by atoms with Gasteiger partial charge in [-0.15, -0.1) is 0 Å². The number of nitro groups is 1. The highest BCUT2D eigenvalue weighted by Crippen LogP contribution is 2.33. The molecule has 0 saturated carbocycles. The Labute approximate surface area is 169 Å². The lowest BCUT2D eigenvalue weighted by molar-refractivity contribution is -0.384. The molecule has 3 aromatic rings. The first kappa shape index (κ1) is 19.6. The monoisotopic (exact) mass is 419 g/mol. The number of nitrogens with two attached hydrogens (primary N) is 2. The maximum absolute atomic E-state index is 10.8. The van der Waals surface area contributed by atoms with Crippen LogP contribution in [-0.4, -0.2) is 19.9 Å². The van der Waals surface area contributed by atoms with E-state index in [2.05, 4.69) is 20.3 Å². The molecule has 0 saturated heterocycles. The van der Waals surface area contributed by atoms with Crippen LogP contribution in [0.1, 0.15) is 18.8 Å². The first-order chi connectivity index (χ1) is 13.3. The number of pyridine rings is 1. The van der Waals surface area contributed by atoms with Crippen molar-refractivity contribution in [1.82, 2.24) is 15.0 Å². The average Bonchev–Trinajstić information content (AvgIpc) is 2.62.